The van der Waals surface area contributed by atoms with E-state index in [9.17, 15) is 9.59 Å². The molecule has 2 rings (SSSR count). The first-order chi connectivity index (χ1) is 10.1. The minimum atomic E-state index is -0.0902. The zero-order chi connectivity index (χ0) is 15.2. The van der Waals surface area contributed by atoms with Crippen LogP contribution < -0.4 is 5.32 Å². The largest absolute Gasteiger partial charge is 0.326 e. The summed E-state index contributed by atoms with van der Waals surface area (Å²) in [7, 11) is 0. The number of ketones is 1. The van der Waals surface area contributed by atoms with Crippen molar-refractivity contribution >= 4 is 29.1 Å². The standard InChI is InChI=1S/C17H17NO2S/c1-12(19)14-4-3-5-15(11-14)18-17(20)10-13-6-8-16(21-2)9-7-13/h3-9,11H,10H2,1-2H3,(H,18,20). The molecule has 21 heavy (non-hydrogen) atoms. The molecule has 0 saturated heterocycles. The van der Waals surface area contributed by atoms with Crippen LogP contribution in [0.1, 0.15) is 22.8 Å². The van der Waals surface area contributed by atoms with E-state index >= 15 is 0 Å². The maximum absolute atomic E-state index is 12.0. The average molecular weight is 299 g/mol. The Hall–Kier alpha value is -2.07. The molecule has 0 heterocycles. The van der Waals surface area contributed by atoms with E-state index in [0.717, 1.165) is 5.56 Å². The maximum Gasteiger partial charge on any atom is 0.228 e. The Morgan fingerprint density at radius 2 is 1.81 bits per heavy atom. The highest BCUT2D eigenvalue weighted by Crippen LogP contribution is 2.16. The Morgan fingerprint density at radius 3 is 2.43 bits per heavy atom. The Balaban J connectivity index is 2.00. The predicted molar refractivity (Wildman–Crippen MR) is 87.0 cm³/mol. The number of benzene rings is 2. The number of carbonyl (C=O) groups excluding carboxylic acids is 2. The van der Waals surface area contributed by atoms with Gasteiger partial charge in [-0.2, -0.15) is 0 Å². The normalized spacial score (nSPS) is 10.2. The number of anilines is 1. The lowest BCUT2D eigenvalue weighted by molar-refractivity contribution is -0.115. The van der Waals surface area contributed by atoms with Gasteiger partial charge in [0.1, 0.15) is 0 Å². The van der Waals surface area contributed by atoms with Crippen LogP contribution in [0.15, 0.2) is 53.4 Å². The monoisotopic (exact) mass is 299 g/mol. The summed E-state index contributed by atoms with van der Waals surface area (Å²) in [6.45, 7) is 1.51. The van der Waals surface area contributed by atoms with E-state index in [1.54, 1.807) is 36.0 Å². The van der Waals surface area contributed by atoms with E-state index in [1.165, 1.54) is 11.8 Å². The minimum Gasteiger partial charge on any atom is -0.326 e. The third kappa shape index (κ3) is 4.46. The van der Waals surface area contributed by atoms with Gasteiger partial charge in [-0.15, -0.1) is 11.8 Å². The molecule has 0 aliphatic rings. The molecule has 0 aliphatic carbocycles. The highest BCUT2D eigenvalue weighted by atomic mass is 32.2. The Morgan fingerprint density at radius 1 is 1.10 bits per heavy atom. The predicted octanol–water partition coefficient (Wildman–Crippen LogP) is 3.79. The molecule has 1 amide bonds. The van der Waals surface area contributed by atoms with Crippen molar-refractivity contribution in [3.05, 3.63) is 59.7 Å². The van der Waals surface area contributed by atoms with E-state index in [2.05, 4.69) is 5.32 Å². The average Bonchev–Trinajstić information content (AvgIpc) is 2.48. The van der Waals surface area contributed by atoms with Gasteiger partial charge in [0.2, 0.25) is 5.91 Å². The number of hydrogen-bond donors (Lipinski definition) is 1. The van der Waals surface area contributed by atoms with Crippen LogP contribution in [0.25, 0.3) is 0 Å². The molecule has 0 saturated carbocycles. The van der Waals surface area contributed by atoms with Crippen LogP contribution in [0.2, 0.25) is 0 Å². The van der Waals surface area contributed by atoms with E-state index < -0.39 is 0 Å². The molecule has 2 aromatic carbocycles. The van der Waals surface area contributed by atoms with Crippen molar-refractivity contribution in [3.63, 3.8) is 0 Å². The van der Waals surface area contributed by atoms with Gasteiger partial charge >= 0.3 is 0 Å². The molecule has 2 aromatic rings. The van der Waals surface area contributed by atoms with Gasteiger partial charge in [-0.3, -0.25) is 9.59 Å². The van der Waals surface area contributed by atoms with Crippen LogP contribution >= 0.6 is 11.8 Å². The second-order valence-electron chi connectivity index (χ2n) is 4.71. The molecule has 0 aliphatic heterocycles. The number of nitrogens with one attached hydrogen (secondary N) is 1. The zero-order valence-corrected chi connectivity index (χ0v) is 12.9. The zero-order valence-electron chi connectivity index (χ0n) is 12.1. The van der Waals surface area contributed by atoms with E-state index in [-0.39, 0.29) is 11.7 Å². The smallest absolute Gasteiger partial charge is 0.228 e. The quantitative estimate of drug-likeness (QED) is 0.675. The number of amides is 1. The molecule has 0 unspecified atom stereocenters. The molecule has 1 N–H and O–H groups in total. The van der Waals surface area contributed by atoms with Crippen LogP contribution in [0.3, 0.4) is 0 Å². The summed E-state index contributed by atoms with van der Waals surface area (Å²) in [6.07, 6.45) is 2.34. The molecular formula is C17H17NO2S. The molecule has 108 valence electrons. The second-order valence-corrected chi connectivity index (χ2v) is 5.59. The van der Waals surface area contributed by atoms with E-state index in [4.69, 9.17) is 0 Å². The lowest BCUT2D eigenvalue weighted by atomic mass is 10.1. The van der Waals surface area contributed by atoms with Crippen molar-refractivity contribution in [3.8, 4) is 0 Å². The minimum absolute atomic E-state index is 0.0150. The number of Topliss-reactive ketones (excluding diaryl/α,β-unsaturated/α-hetero) is 1. The van der Waals surface area contributed by atoms with Gasteiger partial charge in [0.15, 0.2) is 5.78 Å². The molecule has 0 bridgehead atoms. The van der Waals surface area contributed by atoms with Gasteiger partial charge in [-0.1, -0.05) is 24.3 Å². The van der Waals surface area contributed by atoms with Crippen molar-refractivity contribution in [2.24, 2.45) is 0 Å². The summed E-state index contributed by atoms with van der Waals surface area (Å²) in [4.78, 5) is 24.5. The fraction of sp³-hybridized carbons (Fsp3) is 0.176. The molecule has 4 heteroatoms. The lowest BCUT2D eigenvalue weighted by Gasteiger charge is -2.07. The van der Waals surface area contributed by atoms with Crippen LogP contribution in [0.5, 0.6) is 0 Å². The Kier molecular flexibility index (Phi) is 5.17. The third-order valence-corrected chi connectivity index (χ3v) is 3.82. The van der Waals surface area contributed by atoms with Gasteiger partial charge in [0, 0.05) is 16.1 Å². The fourth-order valence-corrected chi connectivity index (χ4v) is 2.36. The summed E-state index contributed by atoms with van der Waals surface area (Å²) in [5, 5.41) is 2.82. The molecule has 0 radical (unpaired) electrons. The first kappa shape index (κ1) is 15.3. The number of rotatable bonds is 5. The van der Waals surface area contributed by atoms with Gasteiger partial charge in [-0.05, 0) is 43.0 Å². The first-order valence-electron chi connectivity index (χ1n) is 6.62. The van der Waals surface area contributed by atoms with Crippen molar-refractivity contribution in [1.29, 1.82) is 0 Å². The topological polar surface area (TPSA) is 46.2 Å². The van der Waals surface area contributed by atoms with E-state index in [1.807, 2.05) is 30.5 Å². The van der Waals surface area contributed by atoms with Crippen molar-refractivity contribution < 1.29 is 9.59 Å². The molecule has 0 atom stereocenters. The highest BCUT2D eigenvalue weighted by molar-refractivity contribution is 7.98. The summed E-state index contributed by atoms with van der Waals surface area (Å²) in [5.74, 6) is -0.105. The van der Waals surface area contributed by atoms with Crippen LogP contribution in [-0.2, 0) is 11.2 Å². The van der Waals surface area contributed by atoms with Crippen LogP contribution in [0.4, 0.5) is 5.69 Å². The second kappa shape index (κ2) is 7.09. The molecule has 3 nitrogen and oxygen atoms in total. The summed E-state index contributed by atoms with van der Waals surface area (Å²) >= 11 is 1.67. The van der Waals surface area contributed by atoms with Gasteiger partial charge < -0.3 is 5.32 Å². The summed E-state index contributed by atoms with van der Waals surface area (Å²) in [5.41, 5.74) is 2.21. The Bertz CT molecular complexity index is 650. The van der Waals surface area contributed by atoms with Crippen LogP contribution in [0, 0.1) is 0 Å². The number of hydrogen-bond acceptors (Lipinski definition) is 3. The molecule has 0 spiro atoms. The number of thioether (sulfide) groups is 1. The van der Waals surface area contributed by atoms with Crippen molar-refractivity contribution in [2.75, 3.05) is 11.6 Å². The Labute approximate surface area is 128 Å². The molecule has 0 fully saturated rings. The van der Waals surface area contributed by atoms with Gasteiger partial charge in [-0.25, -0.2) is 0 Å². The third-order valence-electron chi connectivity index (χ3n) is 3.08. The lowest BCUT2D eigenvalue weighted by Crippen LogP contribution is -2.14. The fourth-order valence-electron chi connectivity index (χ4n) is 1.95. The number of carbonyl (C=O) groups is 2. The van der Waals surface area contributed by atoms with Gasteiger partial charge in [0.25, 0.3) is 0 Å². The van der Waals surface area contributed by atoms with E-state index in [0.29, 0.717) is 17.7 Å². The SMILES string of the molecule is CSc1ccc(CC(=O)Nc2cccc(C(C)=O)c2)cc1. The maximum atomic E-state index is 12.0. The highest BCUT2D eigenvalue weighted by Gasteiger charge is 2.06. The molecular weight excluding hydrogens is 282 g/mol. The van der Waals surface area contributed by atoms with Crippen LogP contribution in [-0.4, -0.2) is 17.9 Å². The molecule has 0 aromatic heterocycles. The summed E-state index contributed by atoms with van der Waals surface area (Å²) in [6, 6.07) is 14.9. The van der Waals surface area contributed by atoms with Crippen molar-refractivity contribution in [1.82, 2.24) is 0 Å². The van der Waals surface area contributed by atoms with Gasteiger partial charge in [0.05, 0.1) is 6.42 Å². The van der Waals surface area contributed by atoms with Crippen molar-refractivity contribution in [2.45, 2.75) is 18.2 Å². The summed E-state index contributed by atoms with van der Waals surface area (Å²) < 4.78 is 0. The first-order valence-corrected chi connectivity index (χ1v) is 7.85.